The number of rotatable bonds is 0. The van der Waals surface area contributed by atoms with Gasteiger partial charge in [0.25, 0.3) is 0 Å². The van der Waals surface area contributed by atoms with Crippen LogP contribution in [0.3, 0.4) is 0 Å². The third kappa shape index (κ3) is 290. The van der Waals surface area contributed by atoms with Gasteiger partial charge in [0, 0.05) is 0 Å². The summed E-state index contributed by atoms with van der Waals surface area (Å²) in [7, 11) is -8.67. The van der Waals surface area contributed by atoms with Crippen LogP contribution in [-0.4, -0.2) is 94.6 Å². The van der Waals surface area contributed by atoms with E-state index >= 15 is 0 Å². The second-order valence-corrected chi connectivity index (χ2v) is 2.10. The van der Waals surface area contributed by atoms with Crippen LogP contribution in [-0.2, 0) is 0 Å². The number of nitrogens with zero attached hydrogens (tertiary/aromatic N) is 2. The molecule has 0 aliphatic heterocycles. The predicted molar refractivity (Wildman–Crippen MR) is 67.2 cm³/mol. The molecule has 0 atom stereocenters. The average molecular weight is 337 g/mol. The number of hydrogen-bond donors (Lipinski definition) is 12. The Hall–Kier alpha value is -0.0103. The van der Waals surface area contributed by atoms with Crippen molar-refractivity contribution in [3.05, 3.63) is 18.7 Å². The van der Waals surface area contributed by atoms with Crippen molar-refractivity contribution in [3.63, 3.8) is 0 Å². The molecule has 19 heteroatoms. The molecule has 0 aliphatic rings. The molecule has 14 nitrogen and oxygen atoms in total. The van der Waals surface area contributed by atoms with Gasteiger partial charge in [0.1, 0.15) is 0 Å². The number of hydrogen-bond acceptors (Lipinski definition) is 13. The van der Waals surface area contributed by atoms with Crippen molar-refractivity contribution in [1.82, 2.24) is 9.97 Å². The van der Waals surface area contributed by atoms with Crippen molar-refractivity contribution in [1.29, 1.82) is 0 Å². The van der Waals surface area contributed by atoms with Crippen molar-refractivity contribution in [2.75, 3.05) is 0 Å². The van der Waals surface area contributed by atoms with Crippen LogP contribution in [0.4, 0.5) is 0 Å². The van der Waals surface area contributed by atoms with E-state index in [4.69, 9.17) is 60.3 Å². The molecule has 1 aromatic rings. The van der Waals surface area contributed by atoms with Crippen LogP contribution >= 0.6 is 0 Å². The minimum atomic E-state index is -2.17. The van der Waals surface area contributed by atoms with E-state index in [1.165, 1.54) is 6.33 Å². The second kappa shape index (κ2) is 29.1. The van der Waals surface area contributed by atoms with Gasteiger partial charge >= 0.3 is 58.8 Å². The number of imidazole rings is 1. The predicted octanol–water partition coefficient (Wildman–Crippen LogP) is -11.2. The monoisotopic (exact) mass is 338 g/mol. The molecule has 0 aromatic carbocycles. The molecule has 0 unspecified atom stereocenters. The van der Waals surface area contributed by atoms with E-state index in [9.17, 15) is 0 Å². The summed E-state index contributed by atoms with van der Waals surface area (Å²) in [6, 6.07) is 0. The fraction of sp³-hybridized carbons (Fsp3) is 0. The first-order valence-electron chi connectivity index (χ1n) is 4.46. The third-order valence-electron chi connectivity index (χ3n) is 0.372. The summed E-state index contributed by atoms with van der Waals surface area (Å²) in [5, 5.41) is 86.0. The molecule has 1 aromatic heterocycles. The van der Waals surface area contributed by atoms with E-state index in [0.29, 0.717) is 0 Å². The Morgan fingerprint density at radius 1 is 0.591 bits per heavy atom. The van der Waals surface area contributed by atoms with Crippen molar-refractivity contribution in [3.8, 4) is 0 Å². The summed E-state index contributed by atoms with van der Waals surface area (Å²) >= 11 is 0. The zero-order valence-corrected chi connectivity index (χ0v) is 13.3. The molecule has 0 amide bonds. The van der Waals surface area contributed by atoms with E-state index in [1.54, 1.807) is 12.4 Å². The summed E-state index contributed by atoms with van der Waals surface area (Å²) in [6.07, 6.45) is 4.78. The topological polar surface area (TPSA) is 270 Å². The molecule has 0 saturated heterocycles. The maximum atomic E-state index is 7.17. The van der Waals surface area contributed by atoms with Gasteiger partial charge in [0.05, 0.1) is 0 Å². The molecule has 0 spiro atoms. The number of aromatic nitrogens is 2. The third-order valence-corrected chi connectivity index (χ3v) is 0.372. The minimum absolute atomic E-state index is 0. The molecule has 0 aliphatic carbocycles. The molecule has 0 radical (unpaired) electrons. The minimum Gasteiger partial charge on any atom is -0.450 e. The molecule has 0 bridgehead atoms. The standard InChI is InChI=1S/C3H3N2.4BH3O3.Na/c1-2-5-3-4-1;4*2-1(3)4;/h1-3H;4*2-4H;/q-1;;;;;+1. The van der Waals surface area contributed by atoms with Crippen LogP contribution in [0, 0.1) is 0 Å². The molecule has 0 fully saturated rings. The molecule has 0 saturated carbocycles. The van der Waals surface area contributed by atoms with Crippen LogP contribution < -0.4 is 34.5 Å². The normalized spacial score (nSPS) is 6.73. The Bertz CT molecular complexity index is 190. The van der Waals surface area contributed by atoms with Crippen molar-refractivity contribution in [2.45, 2.75) is 0 Å². The second-order valence-electron chi connectivity index (χ2n) is 2.10. The molecule has 22 heavy (non-hydrogen) atoms. The van der Waals surface area contributed by atoms with E-state index in [-0.39, 0.29) is 29.6 Å². The largest absolute Gasteiger partial charge is 1.00 e. The maximum Gasteiger partial charge on any atom is 1.00 e. The first kappa shape index (κ1) is 33.6. The molecule has 12 N–H and O–H groups in total. The van der Waals surface area contributed by atoms with Crippen molar-refractivity contribution < 1.29 is 89.8 Å². The Kier molecular flexibility index (Phi) is 44.3. The summed E-state index contributed by atoms with van der Waals surface area (Å²) in [5.41, 5.74) is 0. The van der Waals surface area contributed by atoms with Gasteiger partial charge in [-0.15, -0.1) is 0 Å². The van der Waals surface area contributed by atoms with Crippen LogP contribution in [0.15, 0.2) is 18.7 Å². The van der Waals surface area contributed by atoms with Crippen molar-refractivity contribution >= 4 is 29.3 Å². The van der Waals surface area contributed by atoms with Gasteiger partial charge in [-0.25, -0.2) is 0 Å². The zero-order valence-electron chi connectivity index (χ0n) is 11.3. The molecule has 1 rings (SSSR count). The molecule has 1 heterocycles. The average Bonchev–Trinajstić information content (AvgIpc) is 2.68. The van der Waals surface area contributed by atoms with Gasteiger partial charge in [-0.05, 0) is 0 Å². The van der Waals surface area contributed by atoms with Crippen molar-refractivity contribution in [2.24, 2.45) is 0 Å². The van der Waals surface area contributed by atoms with Gasteiger partial charge in [0.2, 0.25) is 0 Å². The zero-order chi connectivity index (χ0) is 17.8. The van der Waals surface area contributed by atoms with E-state index in [0.717, 1.165) is 0 Å². The Balaban J connectivity index is -0.0000000544. The van der Waals surface area contributed by atoms with E-state index in [1.807, 2.05) is 0 Å². The Labute approximate surface area is 148 Å². The van der Waals surface area contributed by atoms with Gasteiger partial charge in [0.15, 0.2) is 0 Å². The summed E-state index contributed by atoms with van der Waals surface area (Å²) < 4.78 is 0. The smallest absolute Gasteiger partial charge is 0.450 e. The van der Waals surface area contributed by atoms with Gasteiger partial charge in [-0.3, -0.25) is 0 Å². The van der Waals surface area contributed by atoms with Crippen LogP contribution in [0.2, 0.25) is 0 Å². The fourth-order valence-corrected chi connectivity index (χ4v) is 0.192. The molecule has 122 valence electrons. The van der Waals surface area contributed by atoms with Crippen LogP contribution in [0.25, 0.3) is 0 Å². The van der Waals surface area contributed by atoms with Gasteiger partial charge in [-0.1, -0.05) is 18.7 Å². The molecular weight excluding hydrogens is 322 g/mol. The summed E-state index contributed by atoms with van der Waals surface area (Å²) in [5.74, 6) is 0. The van der Waals surface area contributed by atoms with Crippen LogP contribution in [0.1, 0.15) is 0 Å². The quantitative estimate of drug-likeness (QED) is 0.196. The summed E-state index contributed by atoms with van der Waals surface area (Å²) in [4.78, 5) is 7.22. The van der Waals surface area contributed by atoms with Gasteiger partial charge in [-0.2, -0.15) is 0 Å². The van der Waals surface area contributed by atoms with Gasteiger partial charge < -0.3 is 70.3 Å². The van der Waals surface area contributed by atoms with E-state index < -0.39 is 29.3 Å². The first-order chi connectivity index (χ1) is 9.43. The van der Waals surface area contributed by atoms with E-state index in [2.05, 4.69) is 9.97 Å². The first-order valence-corrected chi connectivity index (χ1v) is 4.46. The summed E-state index contributed by atoms with van der Waals surface area (Å²) in [6.45, 7) is 0. The SMILES string of the molecule is OB(O)O.OB(O)O.OB(O)O.OB(O)O.[Na+].c1c[n-]cn1. The Morgan fingerprint density at radius 3 is 0.864 bits per heavy atom. The fourth-order valence-electron chi connectivity index (χ4n) is 0.192. The van der Waals surface area contributed by atoms with Crippen LogP contribution in [0.5, 0.6) is 0 Å². The molecular formula is C3H15B4N2NaO12. The maximum absolute atomic E-state index is 7.17. The Morgan fingerprint density at radius 2 is 0.818 bits per heavy atom.